The van der Waals surface area contributed by atoms with Crippen LogP contribution in [0.5, 0.6) is 0 Å². The van der Waals surface area contributed by atoms with Crippen molar-refractivity contribution in [1.82, 2.24) is 10.9 Å². The van der Waals surface area contributed by atoms with Gasteiger partial charge < -0.3 is 4.79 Å². The summed E-state index contributed by atoms with van der Waals surface area (Å²) < 4.78 is 36.3. The third-order valence-electron chi connectivity index (χ3n) is 1.76. The molecular weight excluding hydrogens is 173 g/mol. The predicted octanol–water partition coefficient (Wildman–Crippen LogP) is 0.722. The molecule has 0 unspecified atom stereocenters. The minimum absolute atomic E-state index is 0.0699. The van der Waals surface area contributed by atoms with E-state index in [9.17, 15) is 18.0 Å². The monoisotopic (exact) mass is 182 g/mol. The van der Waals surface area contributed by atoms with Gasteiger partial charge in [-0.3, -0.25) is 0 Å². The molecule has 1 heterocycles. The Bertz CT molecular complexity index is 197. The van der Waals surface area contributed by atoms with Gasteiger partial charge in [-0.15, -0.1) is 0 Å². The summed E-state index contributed by atoms with van der Waals surface area (Å²) in [4.78, 5) is 10.4. The highest BCUT2D eigenvalue weighted by molar-refractivity contribution is 5.75. The number of rotatable bonds is 3. The number of halogens is 3. The van der Waals surface area contributed by atoms with Crippen LogP contribution in [0.2, 0.25) is 0 Å². The SMILES string of the molecule is CC(=O)CCC1(C(F)(F)F)NN1. The van der Waals surface area contributed by atoms with Gasteiger partial charge >= 0.3 is 6.18 Å². The van der Waals surface area contributed by atoms with Gasteiger partial charge in [0.1, 0.15) is 5.78 Å². The van der Waals surface area contributed by atoms with E-state index in [1.165, 1.54) is 6.92 Å². The molecule has 0 spiro atoms. The average molecular weight is 182 g/mol. The second-order valence-electron chi connectivity index (χ2n) is 2.86. The maximum Gasteiger partial charge on any atom is 0.422 e. The number of hydrazine groups is 1. The number of Topliss-reactive ketones (excluding diaryl/α,β-unsaturated/α-hetero) is 1. The van der Waals surface area contributed by atoms with Crippen LogP contribution in [0.15, 0.2) is 0 Å². The first-order chi connectivity index (χ1) is 5.37. The van der Waals surface area contributed by atoms with Gasteiger partial charge in [0.25, 0.3) is 0 Å². The summed E-state index contributed by atoms with van der Waals surface area (Å²) in [6.07, 6.45) is -4.65. The van der Waals surface area contributed by atoms with E-state index in [1.54, 1.807) is 0 Å². The van der Waals surface area contributed by atoms with Gasteiger partial charge in [0.05, 0.1) is 0 Å². The fourth-order valence-corrected chi connectivity index (χ4v) is 0.847. The molecule has 1 saturated heterocycles. The van der Waals surface area contributed by atoms with Crippen LogP contribution < -0.4 is 10.9 Å². The fraction of sp³-hybridized carbons (Fsp3) is 0.833. The minimum atomic E-state index is -4.33. The molecule has 0 aromatic heterocycles. The third kappa shape index (κ3) is 1.75. The van der Waals surface area contributed by atoms with E-state index >= 15 is 0 Å². The van der Waals surface area contributed by atoms with E-state index in [-0.39, 0.29) is 18.6 Å². The standard InChI is InChI=1S/C6H9F3N2O/c1-4(12)2-3-5(10-11-5)6(7,8)9/h10-11H,2-3H2,1H3. The van der Waals surface area contributed by atoms with Gasteiger partial charge in [0.2, 0.25) is 0 Å². The van der Waals surface area contributed by atoms with Gasteiger partial charge in [0, 0.05) is 6.42 Å². The molecular formula is C6H9F3N2O. The lowest BCUT2D eigenvalue weighted by atomic mass is 10.1. The highest BCUT2D eigenvalue weighted by Crippen LogP contribution is 2.36. The second-order valence-corrected chi connectivity index (χ2v) is 2.86. The quantitative estimate of drug-likeness (QED) is 0.632. The highest BCUT2D eigenvalue weighted by Gasteiger charge is 2.63. The summed E-state index contributed by atoms with van der Waals surface area (Å²) in [5.74, 6) is -0.242. The van der Waals surface area contributed by atoms with Crippen molar-refractivity contribution >= 4 is 5.78 Å². The number of ketones is 1. The first-order valence-corrected chi connectivity index (χ1v) is 3.48. The zero-order chi connectivity index (χ0) is 9.41. The van der Waals surface area contributed by atoms with Crippen molar-refractivity contribution in [3.8, 4) is 0 Å². The van der Waals surface area contributed by atoms with E-state index in [0.717, 1.165) is 0 Å². The predicted molar refractivity (Wildman–Crippen MR) is 35.0 cm³/mol. The molecule has 3 nitrogen and oxygen atoms in total. The number of hydrogen-bond acceptors (Lipinski definition) is 3. The topological polar surface area (TPSA) is 61.0 Å². The van der Waals surface area contributed by atoms with Crippen molar-refractivity contribution in [2.24, 2.45) is 0 Å². The van der Waals surface area contributed by atoms with Crippen LogP contribution in [0.1, 0.15) is 19.8 Å². The molecule has 2 N–H and O–H groups in total. The summed E-state index contributed by atoms with van der Waals surface area (Å²) in [6, 6.07) is 0. The Hall–Kier alpha value is -0.620. The summed E-state index contributed by atoms with van der Waals surface area (Å²) in [5, 5.41) is 0. The van der Waals surface area contributed by atoms with E-state index in [4.69, 9.17) is 0 Å². The molecule has 0 aromatic carbocycles. The first-order valence-electron chi connectivity index (χ1n) is 3.48. The smallest absolute Gasteiger partial charge is 0.300 e. The van der Waals surface area contributed by atoms with Crippen molar-refractivity contribution in [3.05, 3.63) is 0 Å². The molecule has 0 radical (unpaired) electrons. The summed E-state index contributed by atoms with van der Waals surface area (Å²) in [6.45, 7) is 1.27. The molecule has 1 rings (SSSR count). The maximum atomic E-state index is 12.1. The van der Waals surface area contributed by atoms with E-state index in [0.29, 0.717) is 0 Å². The Morgan fingerprint density at radius 3 is 2.17 bits per heavy atom. The maximum absolute atomic E-state index is 12.1. The zero-order valence-corrected chi connectivity index (χ0v) is 6.46. The minimum Gasteiger partial charge on any atom is -0.300 e. The Morgan fingerprint density at radius 1 is 1.42 bits per heavy atom. The number of carbonyl (C=O) groups is 1. The van der Waals surface area contributed by atoms with Gasteiger partial charge in [0.15, 0.2) is 5.66 Å². The molecule has 0 aliphatic carbocycles. The zero-order valence-electron chi connectivity index (χ0n) is 6.46. The number of alkyl halides is 3. The molecule has 1 aliphatic heterocycles. The molecule has 0 aromatic rings. The van der Waals surface area contributed by atoms with Crippen LogP contribution in [-0.4, -0.2) is 17.6 Å². The molecule has 1 fully saturated rings. The van der Waals surface area contributed by atoms with Gasteiger partial charge in [-0.1, -0.05) is 0 Å². The number of carbonyl (C=O) groups excluding carboxylic acids is 1. The van der Waals surface area contributed by atoms with Crippen molar-refractivity contribution < 1.29 is 18.0 Å². The van der Waals surface area contributed by atoms with Crippen LogP contribution in [0.3, 0.4) is 0 Å². The van der Waals surface area contributed by atoms with Crippen LogP contribution in [0, 0.1) is 0 Å². The molecule has 0 atom stereocenters. The fourth-order valence-electron chi connectivity index (χ4n) is 0.847. The molecule has 0 bridgehead atoms. The average Bonchev–Trinajstić information content (AvgIpc) is 2.60. The van der Waals surface area contributed by atoms with Crippen molar-refractivity contribution in [2.75, 3.05) is 0 Å². The van der Waals surface area contributed by atoms with Crippen molar-refractivity contribution in [3.63, 3.8) is 0 Å². The van der Waals surface area contributed by atoms with E-state index < -0.39 is 11.8 Å². The molecule has 12 heavy (non-hydrogen) atoms. The molecule has 0 amide bonds. The lowest BCUT2D eigenvalue weighted by molar-refractivity contribution is -0.164. The Morgan fingerprint density at radius 2 is 1.92 bits per heavy atom. The molecule has 0 saturated carbocycles. The number of hydrogen-bond donors (Lipinski definition) is 2. The van der Waals surface area contributed by atoms with Crippen molar-refractivity contribution in [2.45, 2.75) is 31.6 Å². The second kappa shape index (κ2) is 2.70. The van der Waals surface area contributed by atoms with Gasteiger partial charge in [-0.05, 0) is 13.3 Å². The normalized spacial score (nSPS) is 20.7. The molecule has 70 valence electrons. The Balaban J connectivity index is 2.46. The lowest BCUT2D eigenvalue weighted by Gasteiger charge is -2.14. The summed E-state index contributed by atoms with van der Waals surface area (Å²) >= 11 is 0. The van der Waals surface area contributed by atoms with Crippen molar-refractivity contribution in [1.29, 1.82) is 0 Å². The highest BCUT2D eigenvalue weighted by atomic mass is 19.4. The largest absolute Gasteiger partial charge is 0.422 e. The van der Waals surface area contributed by atoms with Crippen LogP contribution in [0.25, 0.3) is 0 Å². The van der Waals surface area contributed by atoms with Crippen LogP contribution in [0.4, 0.5) is 13.2 Å². The summed E-state index contributed by atoms with van der Waals surface area (Å²) in [5.41, 5.74) is 2.03. The summed E-state index contributed by atoms with van der Waals surface area (Å²) in [7, 11) is 0. The van der Waals surface area contributed by atoms with E-state index in [2.05, 4.69) is 0 Å². The van der Waals surface area contributed by atoms with E-state index in [1.807, 2.05) is 10.9 Å². The third-order valence-corrected chi connectivity index (χ3v) is 1.76. The Kier molecular flexibility index (Phi) is 2.13. The van der Waals surface area contributed by atoms with Gasteiger partial charge in [-0.25, -0.2) is 10.9 Å². The van der Waals surface area contributed by atoms with Gasteiger partial charge in [-0.2, -0.15) is 13.2 Å². The first kappa shape index (κ1) is 9.47. The van der Waals surface area contributed by atoms with Crippen LogP contribution >= 0.6 is 0 Å². The molecule has 6 heteroatoms. The Labute approximate surface area is 67.3 Å². The number of nitrogens with one attached hydrogen (secondary N) is 2. The van der Waals surface area contributed by atoms with Crippen LogP contribution in [-0.2, 0) is 4.79 Å². The lowest BCUT2D eigenvalue weighted by Crippen LogP contribution is -2.37. The molecule has 1 aliphatic rings.